The first kappa shape index (κ1) is 15.8. The number of carbonyl (C=O) groups is 1. The van der Waals surface area contributed by atoms with Crippen molar-refractivity contribution in [2.24, 2.45) is 0 Å². The molecule has 0 amide bonds. The van der Waals surface area contributed by atoms with E-state index >= 15 is 0 Å². The zero-order valence-electron chi connectivity index (χ0n) is 12.8. The van der Waals surface area contributed by atoms with Gasteiger partial charge in [-0.3, -0.25) is 4.90 Å². The molecule has 0 spiro atoms. The number of ether oxygens (including phenoxy) is 2. The molecule has 0 radical (unpaired) electrons. The van der Waals surface area contributed by atoms with E-state index in [1.54, 1.807) is 6.92 Å². The first-order valence-electron chi connectivity index (χ1n) is 7.43. The summed E-state index contributed by atoms with van der Waals surface area (Å²) in [6, 6.07) is 0. The number of esters is 1. The Morgan fingerprint density at radius 2 is 2.10 bits per heavy atom. The Kier molecular flexibility index (Phi) is 5.58. The maximum Gasteiger partial charge on any atom is 0.360 e. The van der Waals surface area contributed by atoms with Crippen molar-refractivity contribution in [1.29, 1.82) is 0 Å². The smallest absolute Gasteiger partial charge is 0.360 e. The summed E-state index contributed by atoms with van der Waals surface area (Å²) >= 11 is 0. The number of rotatable bonds is 6. The van der Waals surface area contributed by atoms with E-state index in [0.29, 0.717) is 12.4 Å². The van der Waals surface area contributed by atoms with Crippen molar-refractivity contribution in [3.05, 3.63) is 11.5 Å². The van der Waals surface area contributed by atoms with E-state index in [2.05, 4.69) is 9.88 Å². The van der Waals surface area contributed by atoms with E-state index in [1.165, 1.54) is 0 Å². The van der Waals surface area contributed by atoms with Gasteiger partial charge in [0.1, 0.15) is 11.6 Å². The van der Waals surface area contributed by atoms with Crippen molar-refractivity contribution in [3.8, 4) is 0 Å². The fraction of sp³-hybridized carbons (Fsp3) is 0.714. The molecular formula is C14H24N4O3. The van der Waals surface area contributed by atoms with Crippen LogP contribution in [0, 0.1) is 6.92 Å². The summed E-state index contributed by atoms with van der Waals surface area (Å²) in [7, 11) is 0. The van der Waals surface area contributed by atoms with Crippen LogP contribution in [0.15, 0.2) is 0 Å². The second kappa shape index (κ2) is 7.42. The predicted molar refractivity (Wildman–Crippen MR) is 79.2 cm³/mol. The molecule has 2 rings (SSSR count). The van der Waals surface area contributed by atoms with Gasteiger partial charge in [0, 0.05) is 26.2 Å². The van der Waals surface area contributed by atoms with Crippen LogP contribution in [0.1, 0.15) is 29.7 Å². The molecule has 0 unspecified atom stereocenters. The third kappa shape index (κ3) is 3.95. The Bertz CT molecular complexity index is 481. The van der Waals surface area contributed by atoms with Gasteiger partial charge >= 0.3 is 5.97 Å². The van der Waals surface area contributed by atoms with E-state index < -0.39 is 5.97 Å². The molecule has 1 aliphatic heterocycles. The highest BCUT2D eigenvalue weighted by molar-refractivity contribution is 5.92. The SMILES string of the molecule is CCOC(=O)c1nc(C)n(CCCN2CCOCC2)c1N. The van der Waals surface area contributed by atoms with Crippen molar-refractivity contribution >= 4 is 11.8 Å². The largest absolute Gasteiger partial charge is 0.461 e. The van der Waals surface area contributed by atoms with Crippen LogP contribution in [0.5, 0.6) is 0 Å². The zero-order valence-corrected chi connectivity index (χ0v) is 12.8. The summed E-state index contributed by atoms with van der Waals surface area (Å²) in [6.45, 7) is 9.25. The number of nitrogens with zero attached hydrogens (tertiary/aromatic N) is 3. The minimum atomic E-state index is -0.454. The van der Waals surface area contributed by atoms with Crippen molar-refractivity contribution in [3.63, 3.8) is 0 Å². The minimum absolute atomic E-state index is 0.223. The van der Waals surface area contributed by atoms with Crippen LogP contribution in [0.4, 0.5) is 5.82 Å². The molecule has 0 aromatic carbocycles. The van der Waals surface area contributed by atoms with Gasteiger partial charge in [-0.05, 0) is 20.3 Å². The Hall–Kier alpha value is -1.60. The lowest BCUT2D eigenvalue weighted by molar-refractivity contribution is 0.0369. The number of hydrogen-bond donors (Lipinski definition) is 1. The molecule has 118 valence electrons. The molecule has 1 fully saturated rings. The summed E-state index contributed by atoms with van der Waals surface area (Å²) in [4.78, 5) is 18.3. The molecule has 1 aromatic heterocycles. The average molecular weight is 296 g/mol. The first-order valence-corrected chi connectivity index (χ1v) is 7.43. The summed E-state index contributed by atoms with van der Waals surface area (Å²) in [5.41, 5.74) is 6.24. The third-order valence-electron chi connectivity index (χ3n) is 3.63. The van der Waals surface area contributed by atoms with Crippen LogP contribution in [-0.4, -0.2) is 59.9 Å². The van der Waals surface area contributed by atoms with E-state index in [4.69, 9.17) is 15.2 Å². The molecule has 1 aliphatic rings. The Morgan fingerprint density at radius 3 is 2.76 bits per heavy atom. The predicted octanol–water partition coefficient (Wildman–Crippen LogP) is 0.673. The number of imidazole rings is 1. The van der Waals surface area contributed by atoms with E-state index in [9.17, 15) is 4.79 Å². The van der Waals surface area contributed by atoms with Gasteiger partial charge in [0.2, 0.25) is 0 Å². The van der Waals surface area contributed by atoms with Crippen LogP contribution in [0.3, 0.4) is 0 Å². The highest BCUT2D eigenvalue weighted by Gasteiger charge is 2.19. The van der Waals surface area contributed by atoms with Crippen LogP contribution in [0.2, 0.25) is 0 Å². The molecular weight excluding hydrogens is 272 g/mol. The number of anilines is 1. The van der Waals surface area contributed by atoms with Crippen LogP contribution < -0.4 is 5.73 Å². The van der Waals surface area contributed by atoms with Crippen molar-refractivity contribution in [2.45, 2.75) is 26.8 Å². The highest BCUT2D eigenvalue weighted by atomic mass is 16.5. The molecule has 0 aliphatic carbocycles. The second-order valence-electron chi connectivity index (χ2n) is 5.07. The molecule has 7 nitrogen and oxygen atoms in total. The molecule has 0 bridgehead atoms. The first-order chi connectivity index (χ1) is 10.1. The minimum Gasteiger partial charge on any atom is -0.461 e. The zero-order chi connectivity index (χ0) is 15.2. The number of carbonyl (C=O) groups excluding carboxylic acids is 1. The fourth-order valence-corrected chi connectivity index (χ4v) is 2.49. The monoisotopic (exact) mass is 296 g/mol. The van der Waals surface area contributed by atoms with Gasteiger partial charge < -0.3 is 19.8 Å². The Balaban J connectivity index is 1.92. The maximum atomic E-state index is 11.8. The number of aromatic nitrogens is 2. The van der Waals surface area contributed by atoms with Crippen molar-refractivity contribution in [2.75, 3.05) is 45.2 Å². The van der Waals surface area contributed by atoms with Gasteiger partial charge in [-0.1, -0.05) is 0 Å². The average Bonchev–Trinajstić information content (AvgIpc) is 2.76. The quantitative estimate of drug-likeness (QED) is 0.777. The van der Waals surface area contributed by atoms with Gasteiger partial charge in [0.15, 0.2) is 5.69 Å². The second-order valence-corrected chi connectivity index (χ2v) is 5.07. The fourth-order valence-electron chi connectivity index (χ4n) is 2.49. The van der Waals surface area contributed by atoms with Gasteiger partial charge in [0.05, 0.1) is 19.8 Å². The van der Waals surface area contributed by atoms with E-state index in [1.807, 2.05) is 11.5 Å². The lowest BCUT2D eigenvalue weighted by Gasteiger charge is -2.26. The molecule has 0 saturated carbocycles. The lowest BCUT2D eigenvalue weighted by atomic mass is 10.3. The van der Waals surface area contributed by atoms with Crippen LogP contribution >= 0.6 is 0 Å². The van der Waals surface area contributed by atoms with Gasteiger partial charge in [-0.15, -0.1) is 0 Å². The Labute approximate surface area is 125 Å². The molecule has 0 atom stereocenters. The molecule has 21 heavy (non-hydrogen) atoms. The molecule has 2 N–H and O–H groups in total. The number of morpholine rings is 1. The van der Waals surface area contributed by atoms with E-state index in [-0.39, 0.29) is 5.69 Å². The molecule has 1 aromatic rings. The highest BCUT2D eigenvalue weighted by Crippen LogP contribution is 2.16. The molecule has 1 saturated heterocycles. The normalized spacial score (nSPS) is 16.1. The Morgan fingerprint density at radius 1 is 1.38 bits per heavy atom. The number of nitrogen functional groups attached to an aromatic ring is 1. The van der Waals surface area contributed by atoms with Crippen LogP contribution in [-0.2, 0) is 16.0 Å². The molecule has 7 heteroatoms. The van der Waals surface area contributed by atoms with Gasteiger partial charge in [0.25, 0.3) is 0 Å². The van der Waals surface area contributed by atoms with Crippen molar-refractivity contribution in [1.82, 2.24) is 14.5 Å². The number of aryl methyl sites for hydroxylation is 1. The summed E-state index contributed by atoms with van der Waals surface area (Å²) in [5.74, 6) is 0.690. The topological polar surface area (TPSA) is 82.6 Å². The lowest BCUT2D eigenvalue weighted by Crippen LogP contribution is -2.37. The number of hydrogen-bond acceptors (Lipinski definition) is 6. The maximum absolute atomic E-state index is 11.8. The molecule has 2 heterocycles. The number of nitrogens with two attached hydrogens (primary N) is 1. The summed E-state index contributed by atoms with van der Waals surface area (Å²) in [5, 5.41) is 0. The van der Waals surface area contributed by atoms with Crippen molar-refractivity contribution < 1.29 is 14.3 Å². The van der Waals surface area contributed by atoms with Gasteiger partial charge in [-0.25, -0.2) is 9.78 Å². The summed E-state index contributed by atoms with van der Waals surface area (Å²) in [6.07, 6.45) is 0.962. The van der Waals surface area contributed by atoms with Crippen LogP contribution in [0.25, 0.3) is 0 Å². The van der Waals surface area contributed by atoms with Gasteiger partial charge in [-0.2, -0.15) is 0 Å². The third-order valence-corrected chi connectivity index (χ3v) is 3.63. The summed E-state index contributed by atoms with van der Waals surface area (Å²) < 4.78 is 12.2. The van der Waals surface area contributed by atoms with E-state index in [0.717, 1.165) is 51.6 Å². The standard InChI is InChI=1S/C14H24N4O3/c1-3-21-14(19)12-13(15)18(11(2)16-12)6-4-5-17-7-9-20-10-8-17/h3-10,15H2,1-2H3.